The number of rotatable bonds is 7. The lowest BCUT2D eigenvalue weighted by atomic mass is 10.00. The number of hydrogen-bond acceptors (Lipinski definition) is 6. The van der Waals surface area contributed by atoms with E-state index >= 15 is 0 Å². The van der Waals surface area contributed by atoms with Crippen molar-refractivity contribution in [1.82, 2.24) is 5.32 Å². The average Bonchev–Trinajstić information content (AvgIpc) is 2.88. The number of nitrogens with zero attached hydrogens (tertiary/aromatic N) is 1. The SMILES string of the molecule is CCOC(=O)c1ccc(N2C(=O)NC(=O)/C(=C\c3cc(Cl)c(Cc4cccc(F)c4)c(OC)c3)C2=O)cc1. The van der Waals surface area contributed by atoms with Crippen LogP contribution in [0.5, 0.6) is 5.75 Å². The first-order chi connectivity index (χ1) is 18.2. The topological polar surface area (TPSA) is 102 Å². The molecule has 1 heterocycles. The Labute approximate surface area is 222 Å². The van der Waals surface area contributed by atoms with E-state index in [2.05, 4.69) is 5.32 Å². The number of barbiturate groups is 1. The van der Waals surface area contributed by atoms with Gasteiger partial charge in [0.05, 0.1) is 25.0 Å². The number of amides is 4. The second-order valence-corrected chi connectivity index (χ2v) is 8.62. The highest BCUT2D eigenvalue weighted by molar-refractivity contribution is 6.39. The van der Waals surface area contributed by atoms with Gasteiger partial charge in [0.25, 0.3) is 11.8 Å². The number of ether oxygens (including phenoxy) is 2. The molecule has 8 nitrogen and oxygen atoms in total. The van der Waals surface area contributed by atoms with Gasteiger partial charge in [0.15, 0.2) is 0 Å². The molecule has 3 aromatic rings. The van der Waals surface area contributed by atoms with E-state index in [4.69, 9.17) is 21.1 Å². The molecule has 0 radical (unpaired) electrons. The van der Waals surface area contributed by atoms with E-state index in [1.165, 1.54) is 49.6 Å². The van der Waals surface area contributed by atoms with E-state index in [0.717, 1.165) is 4.90 Å². The molecule has 0 bridgehead atoms. The van der Waals surface area contributed by atoms with E-state index in [9.17, 15) is 23.6 Å². The minimum atomic E-state index is -0.929. The summed E-state index contributed by atoms with van der Waals surface area (Å²) in [6.07, 6.45) is 1.59. The Morgan fingerprint density at radius 2 is 1.82 bits per heavy atom. The van der Waals surface area contributed by atoms with Gasteiger partial charge in [-0.25, -0.2) is 18.9 Å². The molecule has 1 aliphatic heterocycles. The third-order valence-corrected chi connectivity index (χ3v) is 6.05. The van der Waals surface area contributed by atoms with E-state index in [-0.39, 0.29) is 34.3 Å². The first-order valence-corrected chi connectivity index (χ1v) is 11.9. The third-order valence-electron chi connectivity index (χ3n) is 5.72. The lowest BCUT2D eigenvalue weighted by Crippen LogP contribution is -2.54. The summed E-state index contributed by atoms with van der Waals surface area (Å²) in [5, 5.41) is 2.43. The van der Waals surface area contributed by atoms with Crippen molar-refractivity contribution in [3.63, 3.8) is 0 Å². The summed E-state index contributed by atoms with van der Waals surface area (Å²) in [5.74, 6) is -2.29. The maximum absolute atomic E-state index is 13.6. The highest BCUT2D eigenvalue weighted by Crippen LogP contribution is 2.32. The Balaban J connectivity index is 1.65. The molecule has 0 aliphatic carbocycles. The van der Waals surface area contributed by atoms with Crippen LogP contribution in [0.25, 0.3) is 6.08 Å². The van der Waals surface area contributed by atoms with Crippen molar-refractivity contribution in [3.8, 4) is 5.75 Å². The van der Waals surface area contributed by atoms with Crippen LogP contribution in [-0.2, 0) is 20.7 Å². The molecule has 4 rings (SSSR count). The molecule has 0 spiro atoms. The Morgan fingerprint density at radius 3 is 2.47 bits per heavy atom. The van der Waals surface area contributed by atoms with Crippen LogP contribution in [-0.4, -0.2) is 37.5 Å². The number of esters is 1. The summed E-state index contributed by atoms with van der Waals surface area (Å²) in [6, 6.07) is 13.9. The summed E-state index contributed by atoms with van der Waals surface area (Å²) in [7, 11) is 1.44. The smallest absolute Gasteiger partial charge is 0.338 e. The van der Waals surface area contributed by atoms with Gasteiger partial charge in [-0.15, -0.1) is 0 Å². The molecule has 0 saturated carbocycles. The Kier molecular flexibility index (Phi) is 7.87. The molecule has 0 atom stereocenters. The number of benzene rings is 3. The first-order valence-electron chi connectivity index (χ1n) is 11.5. The molecule has 1 N–H and O–H groups in total. The predicted molar refractivity (Wildman–Crippen MR) is 139 cm³/mol. The van der Waals surface area contributed by atoms with Gasteiger partial charge in [-0.2, -0.15) is 0 Å². The molecule has 0 aromatic heterocycles. The molecule has 10 heteroatoms. The van der Waals surface area contributed by atoms with Crippen LogP contribution in [0.3, 0.4) is 0 Å². The van der Waals surface area contributed by atoms with Crippen LogP contribution in [0.15, 0.2) is 66.2 Å². The molecular weight excluding hydrogens is 515 g/mol. The Hall–Kier alpha value is -4.50. The van der Waals surface area contributed by atoms with Crippen LogP contribution < -0.4 is 15.0 Å². The number of halogens is 2. The second kappa shape index (κ2) is 11.3. The zero-order valence-electron chi connectivity index (χ0n) is 20.4. The summed E-state index contributed by atoms with van der Waals surface area (Å²) >= 11 is 6.51. The van der Waals surface area contributed by atoms with Crippen molar-refractivity contribution in [3.05, 3.63) is 99.3 Å². The quantitative estimate of drug-likeness (QED) is 0.261. The van der Waals surface area contributed by atoms with Gasteiger partial charge >= 0.3 is 12.0 Å². The number of hydrogen-bond donors (Lipinski definition) is 1. The van der Waals surface area contributed by atoms with Crippen LogP contribution in [0.1, 0.15) is 34.0 Å². The number of carbonyl (C=O) groups is 4. The lowest BCUT2D eigenvalue weighted by molar-refractivity contribution is -0.122. The van der Waals surface area contributed by atoms with Crippen molar-refractivity contribution in [2.45, 2.75) is 13.3 Å². The van der Waals surface area contributed by atoms with Crippen LogP contribution in [0.2, 0.25) is 5.02 Å². The fraction of sp³-hybridized carbons (Fsp3) is 0.143. The van der Waals surface area contributed by atoms with E-state index < -0.39 is 23.8 Å². The minimum Gasteiger partial charge on any atom is -0.496 e. The molecule has 1 aliphatic rings. The maximum atomic E-state index is 13.6. The highest BCUT2D eigenvalue weighted by Gasteiger charge is 2.37. The average molecular weight is 537 g/mol. The van der Waals surface area contributed by atoms with Crippen LogP contribution in [0.4, 0.5) is 14.9 Å². The second-order valence-electron chi connectivity index (χ2n) is 8.22. The number of imide groups is 2. The first kappa shape index (κ1) is 26.6. The Morgan fingerprint density at radius 1 is 1.08 bits per heavy atom. The predicted octanol–water partition coefficient (Wildman–Crippen LogP) is 4.92. The van der Waals surface area contributed by atoms with E-state index in [0.29, 0.717) is 28.9 Å². The van der Waals surface area contributed by atoms with Crippen molar-refractivity contribution >= 4 is 47.2 Å². The van der Waals surface area contributed by atoms with Gasteiger partial charge < -0.3 is 9.47 Å². The third kappa shape index (κ3) is 5.57. The lowest BCUT2D eigenvalue weighted by Gasteiger charge is -2.26. The standard InChI is InChI=1S/C28H22ClFN2O6/c1-3-38-27(35)18-7-9-20(10-8-18)32-26(34)22(25(33)31-28(32)36)13-17-14-23(29)21(24(15-17)37-2)12-16-5-4-6-19(30)11-16/h4-11,13-15H,3,12H2,1-2H3,(H,31,33,36)/b22-13+. The fourth-order valence-corrected chi connectivity index (χ4v) is 4.22. The summed E-state index contributed by atoms with van der Waals surface area (Å²) in [6.45, 7) is 1.87. The molecule has 38 heavy (non-hydrogen) atoms. The number of nitrogens with one attached hydrogen (secondary N) is 1. The number of urea groups is 1. The molecule has 3 aromatic carbocycles. The highest BCUT2D eigenvalue weighted by atomic mass is 35.5. The number of methoxy groups -OCH3 is 1. The minimum absolute atomic E-state index is 0.153. The molecule has 1 saturated heterocycles. The van der Waals surface area contributed by atoms with E-state index in [1.54, 1.807) is 31.2 Å². The zero-order valence-corrected chi connectivity index (χ0v) is 21.2. The van der Waals surface area contributed by atoms with Gasteiger partial charge in [-0.1, -0.05) is 23.7 Å². The largest absolute Gasteiger partial charge is 0.496 e. The summed E-state index contributed by atoms with van der Waals surface area (Å²) < 4.78 is 24.0. The molecular formula is C28H22ClFN2O6. The van der Waals surface area contributed by atoms with Crippen molar-refractivity contribution < 1.29 is 33.0 Å². The molecule has 194 valence electrons. The van der Waals surface area contributed by atoms with Gasteiger partial charge in [0, 0.05) is 17.0 Å². The van der Waals surface area contributed by atoms with Gasteiger partial charge in [0.2, 0.25) is 0 Å². The fourth-order valence-electron chi connectivity index (χ4n) is 3.94. The summed E-state index contributed by atoms with van der Waals surface area (Å²) in [5.41, 5.74) is 1.74. The van der Waals surface area contributed by atoms with Crippen LogP contribution in [0, 0.1) is 5.82 Å². The van der Waals surface area contributed by atoms with E-state index in [1.807, 2.05) is 0 Å². The molecule has 4 amide bonds. The monoisotopic (exact) mass is 536 g/mol. The maximum Gasteiger partial charge on any atom is 0.338 e. The van der Waals surface area contributed by atoms with Gasteiger partial charge in [0.1, 0.15) is 17.1 Å². The molecule has 0 unspecified atom stereocenters. The van der Waals surface area contributed by atoms with Gasteiger partial charge in [-0.3, -0.25) is 14.9 Å². The zero-order chi connectivity index (χ0) is 27.4. The van der Waals surface area contributed by atoms with Crippen molar-refractivity contribution in [1.29, 1.82) is 0 Å². The Bertz CT molecular complexity index is 1470. The van der Waals surface area contributed by atoms with Gasteiger partial charge in [-0.05, 0) is 72.7 Å². The normalized spacial score (nSPS) is 14.5. The summed E-state index contributed by atoms with van der Waals surface area (Å²) in [4.78, 5) is 51.0. The number of carbonyl (C=O) groups excluding carboxylic acids is 4. The molecule has 1 fully saturated rings. The number of anilines is 1. The van der Waals surface area contributed by atoms with Crippen molar-refractivity contribution in [2.75, 3.05) is 18.6 Å². The van der Waals surface area contributed by atoms with Crippen molar-refractivity contribution in [2.24, 2.45) is 0 Å². The van der Waals surface area contributed by atoms with Crippen LogP contribution >= 0.6 is 11.6 Å².